The molecule has 0 radical (unpaired) electrons. The number of piperidine rings is 1. The van der Waals surface area contributed by atoms with E-state index in [4.69, 9.17) is 5.26 Å². The largest absolute Gasteiger partial charge is 0.404 e. The summed E-state index contributed by atoms with van der Waals surface area (Å²) in [5.74, 6) is -0.164. The van der Waals surface area contributed by atoms with Crippen LogP contribution in [-0.2, 0) is 11.2 Å². The second-order valence-electron chi connectivity index (χ2n) is 6.15. The number of nitriles is 1. The number of benzene rings is 1. The molecule has 0 aromatic heterocycles. The first-order chi connectivity index (χ1) is 11.3. The zero-order valence-electron chi connectivity index (χ0n) is 13.4. The number of hydrogen-bond acceptors (Lipinski definition) is 3. The van der Waals surface area contributed by atoms with E-state index >= 15 is 0 Å². The van der Waals surface area contributed by atoms with Gasteiger partial charge in [0.25, 0.3) is 0 Å². The van der Waals surface area contributed by atoms with Gasteiger partial charge in [-0.15, -0.1) is 0 Å². The molecule has 1 aromatic rings. The lowest BCUT2D eigenvalue weighted by Gasteiger charge is -2.38. The van der Waals surface area contributed by atoms with Crippen LogP contribution in [0.3, 0.4) is 0 Å². The summed E-state index contributed by atoms with van der Waals surface area (Å²) in [7, 11) is 1.44. The lowest BCUT2D eigenvalue weighted by molar-refractivity contribution is -0.188. The molecule has 2 atom stereocenters. The number of carbonyl (C=O) groups is 1. The first-order valence-electron chi connectivity index (χ1n) is 7.85. The summed E-state index contributed by atoms with van der Waals surface area (Å²) in [6.07, 6.45) is -3.09. The average molecular weight is 339 g/mol. The Kier molecular flexibility index (Phi) is 5.84. The smallest absolute Gasteiger partial charge is 0.352 e. The number of likely N-dealkylation sites (tertiary alicyclic amines) is 1. The van der Waals surface area contributed by atoms with Gasteiger partial charge in [-0.1, -0.05) is 12.1 Å². The van der Waals surface area contributed by atoms with Gasteiger partial charge in [-0.25, -0.2) is 0 Å². The molecule has 1 saturated heterocycles. The molecule has 130 valence electrons. The van der Waals surface area contributed by atoms with E-state index < -0.39 is 12.2 Å². The minimum atomic E-state index is -4.22. The number of carbonyl (C=O) groups excluding carboxylic acids is 1. The number of alkyl halides is 3. The van der Waals surface area contributed by atoms with E-state index in [0.29, 0.717) is 18.4 Å². The molecule has 0 bridgehead atoms. The minimum Gasteiger partial charge on any atom is -0.352 e. The van der Waals surface area contributed by atoms with Crippen molar-refractivity contribution in [3.05, 3.63) is 35.4 Å². The number of nitrogens with zero attached hydrogens (tertiary/aromatic N) is 2. The van der Waals surface area contributed by atoms with Crippen LogP contribution < -0.4 is 5.32 Å². The van der Waals surface area contributed by atoms with E-state index in [1.165, 1.54) is 11.9 Å². The molecule has 0 unspecified atom stereocenters. The monoisotopic (exact) mass is 339 g/mol. The van der Waals surface area contributed by atoms with Crippen LogP contribution in [-0.4, -0.2) is 42.7 Å². The number of hydrogen-bond donors (Lipinski definition) is 1. The second-order valence-corrected chi connectivity index (χ2v) is 6.15. The zero-order valence-corrected chi connectivity index (χ0v) is 13.4. The molecule has 1 heterocycles. The van der Waals surface area contributed by atoms with Crippen LogP contribution in [0.4, 0.5) is 13.2 Å². The van der Waals surface area contributed by atoms with Gasteiger partial charge in [0.2, 0.25) is 5.91 Å². The van der Waals surface area contributed by atoms with E-state index in [0.717, 1.165) is 5.56 Å². The van der Waals surface area contributed by atoms with E-state index in [2.05, 4.69) is 5.32 Å². The molecule has 1 aliphatic rings. The van der Waals surface area contributed by atoms with Crippen molar-refractivity contribution in [1.29, 1.82) is 5.26 Å². The normalized spacial score (nSPS) is 22.0. The summed E-state index contributed by atoms with van der Waals surface area (Å²) in [6.45, 7) is 0.201. The third kappa shape index (κ3) is 4.96. The highest BCUT2D eigenvalue weighted by Crippen LogP contribution is 2.30. The van der Waals surface area contributed by atoms with Gasteiger partial charge in [0.15, 0.2) is 0 Å². The molecule has 1 N–H and O–H groups in total. The Balaban J connectivity index is 1.78. The van der Waals surface area contributed by atoms with Crippen LogP contribution in [0, 0.1) is 11.3 Å². The Morgan fingerprint density at radius 1 is 1.33 bits per heavy atom. The van der Waals surface area contributed by atoms with Crippen molar-refractivity contribution < 1.29 is 18.0 Å². The molecule has 24 heavy (non-hydrogen) atoms. The lowest BCUT2D eigenvalue weighted by atomic mass is 9.98. The van der Waals surface area contributed by atoms with Crippen LogP contribution in [0.2, 0.25) is 0 Å². The third-order valence-electron chi connectivity index (χ3n) is 4.30. The molecular formula is C17H20F3N3O. The summed E-state index contributed by atoms with van der Waals surface area (Å²) in [5.41, 5.74) is 1.51. The Morgan fingerprint density at radius 2 is 2.00 bits per heavy atom. The summed E-state index contributed by atoms with van der Waals surface area (Å²) in [5, 5.41) is 11.5. The highest BCUT2D eigenvalue weighted by molar-refractivity contribution is 5.76. The van der Waals surface area contributed by atoms with Crippen LogP contribution in [0.25, 0.3) is 0 Å². The Bertz CT molecular complexity index is 607. The molecule has 1 aliphatic heterocycles. The quantitative estimate of drug-likeness (QED) is 0.917. The third-order valence-corrected chi connectivity index (χ3v) is 4.30. The van der Waals surface area contributed by atoms with Gasteiger partial charge in [-0.05, 0) is 44.0 Å². The van der Waals surface area contributed by atoms with Crippen molar-refractivity contribution in [3.8, 4) is 6.07 Å². The van der Waals surface area contributed by atoms with Gasteiger partial charge < -0.3 is 5.32 Å². The molecule has 1 fully saturated rings. The predicted octanol–water partition coefficient (Wildman–Crippen LogP) is 2.63. The Morgan fingerprint density at radius 3 is 2.54 bits per heavy atom. The fourth-order valence-corrected chi connectivity index (χ4v) is 2.98. The van der Waals surface area contributed by atoms with Crippen molar-refractivity contribution in [2.24, 2.45) is 0 Å². The van der Waals surface area contributed by atoms with Crippen LogP contribution in [0.5, 0.6) is 0 Å². The molecule has 7 heteroatoms. The predicted molar refractivity (Wildman–Crippen MR) is 83.1 cm³/mol. The first kappa shape index (κ1) is 18.3. The summed E-state index contributed by atoms with van der Waals surface area (Å²) in [6, 6.07) is 7.34. The van der Waals surface area contributed by atoms with Crippen LogP contribution >= 0.6 is 0 Å². The number of aryl methyl sites for hydroxylation is 1. The number of halogens is 3. The van der Waals surface area contributed by atoms with Crippen molar-refractivity contribution in [1.82, 2.24) is 10.2 Å². The summed E-state index contributed by atoms with van der Waals surface area (Å²) >= 11 is 0. The lowest BCUT2D eigenvalue weighted by Crippen LogP contribution is -2.54. The van der Waals surface area contributed by atoms with Crippen molar-refractivity contribution >= 4 is 5.91 Å². The topological polar surface area (TPSA) is 56.1 Å². The van der Waals surface area contributed by atoms with Gasteiger partial charge in [-0.2, -0.15) is 18.4 Å². The van der Waals surface area contributed by atoms with Crippen molar-refractivity contribution in [3.63, 3.8) is 0 Å². The molecular weight excluding hydrogens is 319 g/mol. The maximum Gasteiger partial charge on any atom is 0.404 e. The fourth-order valence-electron chi connectivity index (χ4n) is 2.98. The molecule has 1 aromatic carbocycles. The first-order valence-corrected chi connectivity index (χ1v) is 7.85. The van der Waals surface area contributed by atoms with Crippen molar-refractivity contribution in [2.75, 3.05) is 13.6 Å². The highest BCUT2D eigenvalue weighted by atomic mass is 19.4. The van der Waals surface area contributed by atoms with Gasteiger partial charge in [0, 0.05) is 19.0 Å². The van der Waals surface area contributed by atoms with Crippen molar-refractivity contribution in [2.45, 2.75) is 43.9 Å². The fraction of sp³-hybridized carbons (Fsp3) is 0.529. The molecule has 2 rings (SSSR count). The highest BCUT2D eigenvalue weighted by Gasteiger charge is 2.44. The maximum atomic E-state index is 12.8. The minimum absolute atomic E-state index is 0.000564. The molecule has 1 amide bonds. The standard InChI is InChI=1S/C17H20F3N3O/c1-23-11-14(7-8-15(23)17(18,19)20)22-16(24)9-6-12-2-4-13(10-21)5-3-12/h2-5,14-15H,6-9,11H2,1H3,(H,22,24)/t14-,15-/m1/s1. The number of nitrogens with one attached hydrogen (secondary N) is 1. The Hall–Kier alpha value is -2.07. The average Bonchev–Trinajstić information content (AvgIpc) is 2.52. The van der Waals surface area contributed by atoms with Crippen LogP contribution in [0.1, 0.15) is 30.4 Å². The van der Waals surface area contributed by atoms with Gasteiger partial charge in [-0.3, -0.25) is 9.69 Å². The van der Waals surface area contributed by atoms with Gasteiger partial charge in [0.05, 0.1) is 11.6 Å². The van der Waals surface area contributed by atoms with E-state index in [-0.39, 0.29) is 31.3 Å². The Labute approximate surface area is 139 Å². The van der Waals surface area contributed by atoms with Crippen LogP contribution in [0.15, 0.2) is 24.3 Å². The zero-order chi connectivity index (χ0) is 17.7. The van der Waals surface area contributed by atoms with Gasteiger partial charge in [0.1, 0.15) is 6.04 Å². The number of likely N-dealkylation sites (N-methyl/N-ethyl adjacent to an activating group) is 1. The number of amides is 1. The maximum absolute atomic E-state index is 12.8. The molecule has 4 nitrogen and oxygen atoms in total. The van der Waals surface area contributed by atoms with E-state index in [1.807, 2.05) is 6.07 Å². The second kappa shape index (κ2) is 7.67. The summed E-state index contributed by atoms with van der Waals surface area (Å²) in [4.78, 5) is 13.2. The number of rotatable bonds is 4. The van der Waals surface area contributed by atoms with Gasteiger partial charge >= 0.3 is 6.18 Å². The molecule has 0 saturated carbocycles. The summed E-state index contributed by atoms with van der Waals surface area (Å²) < 4.78 is 38.4. The van der Waals surface area contributed by atoms with E-state index in [9.17, 15) is 18.0 Å². The SMILES string of the molecule is CN1C[C@H](NC(=O)CCc2ccc(C#N)cc2)CC[C@@H]1C(F)(F)F. The van der Waals surface area contributed by atoms with E-state index in [1.54, 1.807) is 24.3 Å². The molecule has 0 spiro atoms. The molecule has 0 aliphatic carbocycles.